The summed E-state index contributed by atoms with van der Waals surface area (Å²) in [5.74, 6) is -0.0653. The maximum atomic E-state index is 12.3. The van der Waals surface area contributed by atoms with Crippen molar-refractivity contribution in [1.29, 1.82) is 0 Å². The Morgan fingerprint density at radius 3 is 2.38 bits per heavy atom. The van der Waals surface area contributed by atoms with Crippen LogP contribution >= 0.6 is 0 Å². The van der Waals surface area contributed by atoms with Crippen LogP contribution in [-0.4, -0.2) is 24.0 Å². The van der Waals surface area contributed by atoms with Crippen molar-refractivity contribution in [2.75, 3.05) is 4.72 Å². The number of nitrogens with one attached hydrogen (secondary N) is 1. The van der Waals surface area contributed by atoms with Crippen LogP contribution < -0.4 is 4.72 Å². The van der Waals surface area contributed by atoms with Gasteiger partial charge in [-0.25, -0.2) is 8.42 Å². The van der Waals surface area contributed by atoms with E-state index in [-0.39, 0.29) is 10.7 Å². The number of benzene rings is 1. The third-order valence-electron chi connectivity index (χ3n) is 3.19. The van der Waals surface area contributed by atoms with Gasteiger partial charge in [0.05, 0.1) is 11.9 Å². The second kappa shape index (κ2) is 5.69. The van der Waals surface area contributed by atoms with Gasteiger partial charge in [-0.2, -0.15) is 5.10 Å². The molecule has 2 rings (SSSR count). The number of carbonyl (C=O) groups is 1. The number of nitrogens with zero attached hydrogens (tertiary/aromatic N) is 2. The van der Waals surface area contributed by atoms with Gasteiger partial charge in [0.2, 0.25) is 0 Å². The number of ketones is 1. The van der Waals surface area contributed by atoms with Crippen molar-refractivity contribution in [2.24, 2.45) is 0 Å². The molecule has 0 radical (unpaired) electrons. The minimum atomic E-state index is -3.68. The van der Waals surface area contributed by atoms with Crippen molar-refractivity contribution in [1.82, 2.24) is 9.78 Å². The lowest BCUT2D eigenvalue weighted by molar-refractivity contribution is 0.101. The minimum absolute atomic E-state index is 0.0653. The molecule has 112 valence electrons. The molecule has 0 fully saturated rings. The van der Waals surface area contributed by atoms with E-state index in [0.717, 1.165) is 0 Å². The van der Waals surface area contributed by atoms with Crippen molar-refractivity contribution in [3.8, 4) is 0 Å². The average Bonchev–Trinajstić information content (AvgIpc) is 2.80. The summed E-state index contributed by atoms with van der Waals surface area (Å²) in [6, 6.07) is 6.30. The van der Waals surface area contributed by atoms with E-state index in [2.05, 4.69) is 9.82 Å². The third kappa shape index (κ3) is 3.13. The molecule has 0 aliphatic heterocycles. The summed E-state index contributed by atoms with van der Waals surface area (Å²) < 4.78 is 28.8. The van der Waals surface area contributed by atoms with E-state index in [1.165, 1.54) is 13.1 Å². The van der Waals surface area contributed by atoms with Gasteiger partial charge in [-0.1, -0.05) is 0 Å². The van der Waals surface area contributed by atoms with Crippen molar-refractivity contribution >= 4 is 21.5 Å². The zero-order valence-electron chi connectivity index (χ0n) is 12.1. The fourth-order valence-electron chi connectivity index (χ4n) is 2.00. The van der Waals surface area contributed by atoms with Crippen LogP contribution in [0.25, 0.3) is 0 Å². The zero-order valence-corrected chi connectivity index (χ0v) is 12.9. The molecular formula is C14H17N3O3S. The summed E-state index contributed by atoms with van der Waals surface area (Å²) in [5.41, 5.74) is 1.53. The maximum absolute atomic E-state index is 12.3. The Hall–Kier alpha value is -2.15. The van der Waals surface area contributed by atoms with Crippen molar-refractivity contribution in [3.05, 3.63) is 41.7 Å². The number of hydrogen-bond donors (Lipinski definition) is 1. The Labute approximate surface area is 123 Å². The molecule has 0 amide bonds. The van der Waals surface area contributed by atoms with Crippen LogP contribution in [-0.2, 0) is 16.6 Å². The molecule has 0 aliphatic rings. The number of sulfonamides is 1. The normalized spacial score (nSPS) is 11.4. The number of hydrogen-bond acceptors (Lipinski definition) is 4. The van der Waals surface area contributed by atoms with Crippen molar-refractivity contribution in [3.63, 3.8) is 0 Å². The first-order chi connectivity index (χ1) is 9.85. The Morgan fingerprint density at radius 2 is 1.90 bits per heavy atom. The van der Waals surface area contributed by atoms with Gasteiger partial charge in [0.1, 0.15) is 4.90 Å². The highest BCUT2D eigenvalue weighted by atomic mass is 32.2. The van der Waals surface area contributed by atoms with Crippen LogP contribution in [0.2, 0.25) is 0 Å². The highest BCUT2D eigenvalue weighted by Gasteiger charge is 2.20. The average molecular weight is 307 g/mol. The van der Waals surface area contributed by atoms with E-state index in [4.69, 9.17) is 0 Å². The first-order valence-electron chi connectivity index (χ1n) is 6.51. The molecule has 1 aromatic heterocycles. The standard InChI is InChI=1S/C14H17N3O3S/c1-4-17-10(2)14(9-15-17)21(19,20)16-13-7-5-12(6-8-13)11(3)18/h5-9,16H,4H2,1-3H3. The number of carbonyl (C=O) groups excluding carboxylic acids is 1. The highest BCUT2D eigenvalue weighted by molar-refractivity contribution is 7.92. The van der Waals surface area contributed by atoms with E-state index < -0.39 is 10.0 Å². The molecule has 0 bridgehead atoms. The summed E-state index contributed by atoms with van der Waals surface area (Å²) in [6.45, 7) is 5.67. The topological polar surface area (TPSA) is 81.1 Å². The summed E-state index contributed by atoms with van der Waals surface area (Å²) >= 11 is 0. The SMILES string of the molecule is CCn1ncc(S(=O)(=O)Nc2ccc(C(C)=O)cc2)c1C. The van der Waals surface area contributed by atoms with E-state index in [9.17, 15) is 13.2 Å². The number of Topliss-reactive ketones (excluding diaryl/α,β-unsaturated/α-hetero) is 1. The lowest BCUT2D eigenvalue weighted by Crippen LogP contribution is -2.14. The molecule has 0 atom stereocenters. The molecule has 1 N–H and O–H groups in total. The number of aryl methyl sites for hydroxylation is 1. The lowest BCUT2D eigenvalue weighted by Gasteiger charge is -2.08. The van der Waals surface area contributed by atoms with Crippen LogP contribution in [0, 0.1) is 6.92 Å². The lowest BCUT2D eigenvalue weighted by atomic mass is 10.1. The second-order valence-electron chi connectivity index (χ2n) is 4.65. The molecule has 1 heterocycles. The fourth-order valence-corrected chi connectivity index (χ4v) is 3.23. The molecular weight excluding hydrogens is 290 g/mol. The monoisotopic (exact) mass is 307 g/mol. The van der Waals surface area contributed by atoms with Crippen LogP contribution in [0.4, 0.5) is 5.69 Å². The smallest absolute Gasteiger partial charge is 0.265 e. The first kappa shape index (κ1) is 15.2. The molecule has 0 unspecified atom stereocenters. The molecule has 2 aromatic rings. The van der Waals surface area contributed by atoms with Crippen LogP contribution in [0.5, 0.6) is 0 Å². The van der Waals surface area contributed by atoms with Gasteiger partial charge in [-0.05, 0) is 45.0 Å². The molecule has 21 heavy (non-hydrogen) atoms. The van der Waals surface area contributed by atoms with E-state index in [1.807, 2.05) is 6.92 Å². The predicted molar refractivity (Wildman–Crippen MR) is 79.9 cm³/mol. The first-order valence-corrected chi connectivity index (χ1v) is 7.99. The quantitative estimate of drug-likeness (QED) is 0.859. The van der Waals surface area contributed by atoms with Crippen LogP contribution in [0.3, 0.4) is 0 Å². The summed E-state index contributed by atoms with van der Waals surface area (Å²) in [6.07, 6.45) is 1.34. The molecule has 1 aromatic carbocycles. The van der Waals surface area contributed by atoms with E-state index in [1.54, 1.807) is 35.9 Å². The van der Waals surface area contributed by atoms with Crippen molar-refractivity contribution < 1.29 is 13.2 Å². The maximum Gasteiger partial charge on any atom is 0.265 e. The summed E-state index contributed by atoms with van der Waals surface area (Å²) in [7, 11) is -3.68. The van der Waals surface area contributed by atoms with Crippen LogP contribution in [0.15, 0.2) is 35.4 Å². The number of rotatable bonds is 5. The van der Waals surface area contributed by atoms with E-state index >= 15 is 0 Å². The molecule has 7 heteroatoms. The number of anilines is 1. The van der Waals surface area contributed by atoms with Gasteiger partial charge in [0.15, 0.2) is 5.78 Å². The van der Waals surface area contributed by atoms with Gasteiger partial charge < -0.3 is 0 Å². The molecule has 0 saturated heterocycles. The second-order valence-corrected chi connectivity index (χ2v) is 6.30. The zero-order chi connectivity index (χ0) is 15.6. The fraction of sp³-hybridized carbons (Fsp3) is 0.286. The molecule has 0 spiro atoms. The van der Waals surface area contributed by atoms with Crippen molar-refractivity contribution in [2.45, 2.75) is 32.2 Å². The Balaban J connectivity index is 2.28. The molecule has 6 nitrogen and oxygen atoms in total. The number of aromatic nitrogens is 2. The van der Waals surface area contributed by atoms with E-state index in [0.29, 0.717) is 23.5 Å². The van der Waals surface area contributed by atoms with Crippen LogP contribution in [0.1, 0.15) is 29.9 Å². The third-order valence-corrected chi connectivity index (χ3v) is 4.68. The van der Waals surface area contributed by atoms with Gasteiger partial charge in [-0.3, -0.25) is 14.2 Å². The van der Waals surface area contributed by atoms with Gasteiger partial charge in [-0.15, -0.1) is 0 Å². The molecule has 0 aliphatic carbocycles. The molecule has 0 saturated carbocycles. The highest BCUT2D eigenvalue weighted by Crippen LogP contribution is 2.19. The van der Waals surface area contributed by atoms with Gasteiger partial charge >= 0.3 is 0 Å². The van der Waals surface area contributed by atoms with Gasteiger partial charge in [0.25, 0.3) is 10.0 Å². The summed E-state index contributed by atoms with van der Waals surface area (Å²) in [4.78, 5) is 11.3. The Bertz CT molecular complexity index is 761. The largest absolute Gasteiger partial charge is 0.295 e. The Kier molecular flexibility index (Phi) is 4.13. The Morgan fingerprint density at radius 1 is 1.29 bits per heavy atom. The minimum Gasteiger partial charge on any atom is -0.295 e. The summed E-state index contributed by atoms with van der Waals surface area (Å²) in [5, 5.41) is 4.03. The predicted octanol–water partition coefficient (Wildman–Crippen LogP) is 2.21. The van der Waals surface area contributed by atoms with Gasteiger partial charge in [0, 0.05) is 17.8 Å².